The van der Waals surface area contributed by atoms with Crippen molar-refractivity contribution in [2.45, 2.75) is 6.92 Å². The highest BCUT2D eigenvalue weighted by Crippen LogP contribution is 2.03. The summed E-state index contributed by atoms with van der Waals surface area (Å²) in [5.41, 5.74) is 0. The second-order valence-corrected chi connectivity index (χ2v) is 1.85. The maximum absolute atomic E-state index is 8.88. The van der Waals surface area contributed by atoms with Crippen LogP contribution < -0.4 is 9.47 Å². The Morgan fingerprint density at radius 3 is 3.10 bits per heavy atom. The lowest BCUT2D eigenvalue weighted by Crippen LogP contribution is -2.28. The van der Waals surface area contributed by atoms with E-state index in [1.807, 2.05) is 6.92 Å². The van der Waals surface area contributed by atoms with Gasteiger partial charge in [-0.05, 0) is 13.0 Å². The molecule has 0 bridgehead atoms. The molecule has 0 aliphatic heterocycles. The van der Waals surface area contributed by atoms with Crippen LogP contribution in [-0.4, -0.2) is 11.8 Å². The molecule has 1 N–H and O–H groups in total. The summed E-state index contributed by atoms with van der Waals surface area (Å²) in [4.78, 5) is 0. The van der Waals surface area contributed by atoms with Gasteiger partial charge in [-0.1, -0.05) is 0 Å². The minimum atomic E-state index is 0.615. The van der Waals surface area contributed by atoms with E-state index in [9.17, 15) is 0 Å². The van der Waals surface area contributed by atoms with E-state index in [0.717, 1.165) is 4.73 Å². The summed E-state index contributed by atoms with van der Waals surface area (Å²) in [5, 5.41) is 8.88. The number of nitrogens with zero attached hydrogens (tertiary/aromatic N) is 1. The highest BCUT2D eigenvalue weighted by Gasteiger charge is 1.98. The van der Waals surface area contributed by atoms with Crippen LogP contribution in [0.5, 0.6) is 5.75 Å². The number of rotatable bonds is 2. The number of hydrogen-bond donors (Lipinski definition) is 1. The van der Waals surface area contributed by atoms with Crippen molar-refractivity contribution in [2.75, 3.05) is 6.61 Å². The van der Waals surface area contributed by atoms with E-state index >= 15 is 0 Å². The average molecular weight is 140 g/mol. The second-order valence-electron chi connectivity index (χ2n) is 1.85. The van der Waals surface area contributed by atoms with E-state index in [1.54, 1.807) is 12.1 Å². The summed E-state index contributed by atoms with van der Waals surface area (Å²) >= 11 is 0. The first-order valence-corrected chi connectivity index (χ1v) is 3.16. The number of ether oxygens (including phenoxy) is 1. The van der Waals surface area contributed by atoms with Gasteiger partial charge in [0.2, 0.25) is 6.20 Å². The van der Waals surface area contributed by atoms with Gasteiger partial charge in [0.05, 0.1) is 6.61 Å². The first-order chi connectivity index (χ1) is 4.83. The van der Waals surface area contributed by atoms with Gasteiger partial charge >= 0.3 is 0 Å². The van der Waals surface area contributed by atoms with Crippen molar-refractivity contribution in [1.29, 1.82) is 0 Å². The zero-order valence-corrected chi connectivity index (χ0v) is 5.82. The predicted molar refractivity (Wildman–Crippen MR) is 35.0 cm³/mol. The van der Waals surface area contributed by atoms with Crippen LogP contribution >= 0.6 is 0 Å². The van der Waals surface area contributed by atoms with Gasteiger partial charge in [-0.15, -0.1) is 0 Å². The minimum Gasteiger partial charge on any atom is -0.488 e. The zero-order valence-electron chi connectivity index (χ0n) is 5.82. The third-order valence-corrected chi connectivity index (χ3v) is 1.07. The molecular weight excluding hydrogens is 130 g/mol. The summed E-state index contributed by atoms with van der Waals surface area (Å²) in [6.45, 7) is 2.51. The molecule has 1 heterocycles. The molecule has 0 saturated heterocycles. The van der Waals surface area contributed by atoms with Crippen molar-refractivity contribution in [3.8, 4) is 5.75 Å². The minimum absolute atomic E-state index is 0.615. The van der Waals surface area contributed by atoms with Gasteiger partial charge in [-0.2, -0.15) is 0 Å². The first-order valence-electron chi connectivity index (χ1n) is 3.16. The summed E-state index contributed by atoms with van der Waals surface area (Å²) in [7, 11) is 0. The van der Waals surface area contributed by atoms with Crippen LogP contribution in [-0.2, 0) is 0 Å². The maximum atomic E-state index is 8.88. The molecule has 3 nitrogen and oxygen atoms in total. The van der Waals surface area contributed by atoms with Gasteiger partial charge in [0.25, 0.3) is 6.20 Å². The van der Waals surface area contributed by atoms with E-state index in [2.05, 4.69) is 0 Å². The molecule has 0 unspecified atom stereocenters. The number of pyridine rings is 1. The van der Waals surface area contributed by atoms with E-state index in [1.165, 1.54) is 12.4 Å². The Hall–Kier alpha value is -1.25. The molecule has 0 aliphatic carbocycles. The Labute approximate surface area is 59.5 Å². The second kappa shape index (κ2) is 3.06. The van der Waals surface area contributed by atoms with Crippen LogP contribution in [0.2, 0.25) is 0 Å². The molecule has 0 spiro atoms. The molecule has 0 aromatic carbocycles. The fourth-order valence-electron chi connectivity index (χ4n) is 0.695. The third kappa shape index (κ3) is 1.62. The van der Waals surface area contributed by atoms with Crippen molar-refractivity contribution in [1.82, 2.24) is 0 Å². The quantitative estimate of drug-likeness (QED) is 0.482. The Morgan fingerprint density at radius 2 is 2.50 bits per heavy atom. The monoisotopic (exact) mass is 140 g/mol. The molecule has 1 aromatic heterocycles. The van der Waals surface area contributed by atoms with Crippen LogP contribution in [0.15, 0.2) is 24.5 Å². The third-order valence-electron chi connectivity index (χ3n) is 1.07. The van der Waals surface area contributed by atoms with E-state index in [4.69, 9.17) is 9.94 Å². The Kier molecular flexibility index (Phi) is 2.10. The highest BCUT2D eigenvalue weighted by atomic mass is 16.5. The van der Waals surface area contributed by atoms with Crippen LogP contribution in [0.25, 0.3) is 0 Å². The van der Waals surface area contributed by atoms with E-state index in [0.29, 0.717) is 12.4 Å². The van der Waals surface area contributed by atoms with Crippen molar-refractivity contribution in [3.05, 3.63) is 24.5 Å². The first kappa shape index (κ1) is 6.86. The van der Waals surface area contributed by atoms with Crippen LogP contribution in [0.3, 0.4) is 0 Å². The van der Waals surface area contributed by atoms with Crippen LogP contribution in [0.4, 0.5) is 0 Å². The fourth-order valence-corrected chi connectivity index (χ4v) is 0.695. The normalized spacial score (nSPS) is 9.30. The molecule has 0 saturated carbocycles. The lowest BCUT2D eigenvalue weighted by molar-refractivity contribution is -0.904. The standard InChI is InChI=1S/C7H10NO2/c1-2-10-7-4-3-5-8(9)6-7/h3-6,9H,2H2,1H3/q+1. The van der Waals surface area contributed by atoms with E-state index in [-0.39, 0.29) is 0 Å². The maximum Gasteiger partial charge on any atom is 0.263 e. The largest absolute Gasteiger partial charge is 0.488 e. The lowest BCUT2D eigenvalue weighted by atomic mass is 10.5. The van der Waals surface area contributed by atoms with Crippen molar-refractivity contribution >= 4 is 0 Å². The van der Waals surface area contributed by atoms with Gasteiger partial charge in [0, 0.05) is 10.8 Å². The fraction of sp³-hybridized carbons (Fsp3) is 0.286. The molecule has 1 rings (SSSR count). The predicted octanol–water partition coefficient (Wildman–Crippen LogP) is 0.610. The molecule has 1 aromatic rings. The van der Waals surface area contributed by atoms with Crippen LogP contribution in [0, 0.1) is 0 Å². The van der Waals surface area contributed by atoms with Crippen molar-refractivity contribution in [3.63, 3.8) is 0 Å². The number of aromatic nitrogens is 1. The topological polar surface area (TPSA) is 33.3 Å². The molecule has 54 valence electrons. The molecule has 0 radical (unpaired) electrons. The lowest BCUT2D eigenvalue weighted by Gasteiger charge is -1.96. The van der Waals surface area contributed by atoms with Crippen molar-refractivity contribution < 1.29 is 14.7 Å². The van der Waals surface area contributed by atoms with Gasteiger partial charge in [-0.3, -0.25) is 5.21 Å². The Bertz CT molecular complexity index is 213. The Balaban J connectivity index is 2.75. The highest BCUT2D eigenvalue weighted by molar-refractivity contribution is 5.12. The molecule has 0 fully saturated rings. The number of hydrogen-bond acceptors (Lipinski definition) is 2. The Morgan fingerprint density at radius 1 is 1.70 bits per heavy atom. The summed E-state index contributed by atoms with van der Waals surface area (Å²) in [6.07, 6.45) is 3.03. The molecule has 0 amide bonds. The van der Waals surface area contributed by atoms with Crippen LogP contribution in [0.1, 0.15) is 6.92 Å². The van der Waals surface area contributed by atoms with E-state index < -0.39 is 0 Å². The average Bonchev–Trinajstić information content (AvgIpc) is 1.88. The SMILES string of the molecule is CCOc1ccc[n+](O)c1. The summed E-state index contributed by atoms with van der Waals surface area (Å²) in [5.74, 6) is 0.674. The smallest absolute Gasteiger partial charge is 0.263 e. The van der Waals surface area contributed by atoms with Crippen molar-refractivity contribution in [2.24, 2.45) is 0 Å². The summed E-state index contributed by atoms with van der Waals surface area (Å²) in [6, 6.07) is 3.50. The zero-order chi connectivity index (χ0) is 7.40. The molecule has 0 aliphatic rings. The summed E-state index contributed by atoms with van der Waals surface area (Å²) < 4.78 is 6.07. The molecular formula is C7H10NO2+. The van der Waals surface area contributed by atoms with Gasteiger partial charge in [-0.25, -0.2) is 0 Å². The van der Waals surface area contributed by atoms with Gasteiger partial charge < -0.3 is 4.74 Å². The van der Waals surface area contributed by atoms with Gasteiger partial charge in [0.1, 0.15) is 0 Å². The molecule has 3 heteroatoms. The van der Waals surface area contributed by atoms with Gasteiger partial charge in [0.15, 0.2) is 5.75 Å². The molecule has 0 atom stereocenters. The molecule has 10 heavy (non-hydrogen) atoms.